The average molecular weight is 292 g/mol. The van der Waals surface area contributed by atoms with Crippen molar-refractivity contribution in [2.75, 3.05) is 11.2 Å². The molecule has 2 amide bonds. The molecule has 0 aliphatic carbocycles. The van der Waals surface area contributed by atoms with E-state index in [1.54, 1.807) is 30.5 Å². The number of benzene rings is 1. The van der Waals surface area contributed by atoms with Gasteiger partial charge in [-0.25, -0.2) is 0 Å². The number of anilines is 1. The summed E-state index contributed by atoms with van der Waals surface area (Å²) in [5.41, 5.74) is -0.0447. The van der Waals surface area contributed by atoms with Gasteiger partial charge in [0.1, 0.15) is 11.6 Å². The van der Waals surface area contributed by atoms with Crippen LogP contribution in [0.2, 0.25) is 0 Å². The lowest BCUT2D eigenvalue weighted by molar-refractivity contribution is -0.137. The number of carbonyl (C=O) groups is 2. The number of hydrogen-bond donors (Lipinski definition) is 1. The zero-order valence-corrected chi connectivity index (χ0v) is 13.1. The standard InChI is InChI=1S/C15H20N2O2S/c1-5-15(3)14(19)17(10(2)13(18)16-15)11-6-8-12(20-4)9-7-11/h6-10H,5H2,1-4H3,(H,16,18). The number of rotatable bonds is 3. The van der Waals surface area contributed by atoms with Gasteiger partial charge in [0.25, 0.3) is 5.91 Å². The van der Waals surface area contributed by atoms with Crippen molar-refractivity contribution >= 4 is 29.3 Å². The summed E-state index contributed by atoms with van der Waals surface area (Å²) in [5.74, 6) is -0.160. The summed E-state index contributed by atoms with van der Waals surface area (Å²) in [6.07, 6.45) is 2.58. The van der Waals surface area contributed by atoms with E-state index < -0.39 is 11.6 Å². The van der Waals surface area contributed by atoms with Crippen LogP contribution in [0.15, 0.2) is 29.2 Å². The van der Waals surface area contributed by atoms with Crippen LogP contribution < -0.4 is 10.2 Å². The lowest BCUT2D eigenvalue weighted by Crippen LogP contribution is -2.68. The second-order valence-electron chi connectivity index (χ2n) is 5.22. The Morgan fingerprint density at radius 1 is 1.30 bits per heavy atom. The van der Waals surface area contributed by atoms with Crippen LogP contribution in [0.5, 0.6) is 0 Å². The molecule has 0 bridgehead atoms. The van der Waals surface area contributed by atoms with E-state index in [4.69, 9.17) is 0 Å². The minimum absolute atomic E-state index is 0.0519. The molecule has 4 nitrogen and oxygen atoms in total. The zero-order valence-electron chi connectivity index (χ0n) is 12.3. The highest BCUT2D eigenvalue weighted by Gasteiger charge is 2.45. The number of nitrogens with one attached hydrogen (secondary N) is 1. The molecule has 108 valence electrons. The number of piperazine rings is 1. The van der Waals surface area contributed by atoms with Gasteiger partial charge in [0.15, 0.2) is 0 Å². The molecular weight excluding hydrogens is 272 g/mol. The van der Waals surface area contributed by atoms with Gasteiger partial charge >= 0.3 is 0 Å². The number of thioether (sulfide) groups is 1. The maximum absolute atomic E-state index is 12.7. The van der Waals surface area contributed by atoms with E-state index in [0.29, 0.717) is 6.42 Å². The third kappa shape index (κ3) is 2.42. The molecule has 5 heteroatoms. The van der Waals surface area contributed by atoms with Crippen LogP contribution in [0.3, 0.4) is 0 Å². The Bertz CT molecular complexity index is 529. The van der Waals surface area contributed by atoms with Crippen molar-refractivity contribution in [3.05, 3.63) is 24.3 Å². The van der Waals surface area contributed by atoms with Crippen molar-refractivity contribution in [2.45, 2.75) is 43.7 Å². The number of carbonyl (C=O) groups excluding carboxylic acids is 2. The normalized spacial score (nSPS) is 26.6. The molecular formula is C15H20N2O2S. The van der Waals surface area contributed by atoms with E-state index in [9.17, 15) is 9.59 Å². The van der Waals surface area contributed by atoms with Crippen molar-refractivity contribution in [2.24, 2.45) is 0 Å². The summed E-state index contributed by atoms with van der Waals surface area (Å²) in [6.45, 7) is 5.44. The molecule has 1 heterocycles. The zero-order chi connectivity index (χ0) is 14.9. The average Bonchev–Trinajstić information content (AvgIpc) is 2.46. The van der Waals surface area contributed by atoms with Crippen LogP contribution >= 0.6 is 11.8 Å². The maximum atomic E-state index is 12.7. The quantitative estimate of drug-likeness (QED) is 0.871. The van der Waals surface area contributed by atoms with Gasteiger partial charge in [0.2, 0.25) is 5.91 Å². The van der Waals surface area contributed by atoms with E-state index in [1.165, 1.54) is 0 Å². The summed E-state index contributed by atoms with van der Waals surface area (Å²) in [5, 5.41) is 2.83. The number of hydrogen-bond acceptors (Lipinski definition) is 3. The molecule has 1 aromatic rings. The fraction of sp³-hybridized carbons (Fsp3) is 0.467. The first-order valence-electron chi connectivity index (χ1n) is 6.72. The highest BCUT2D eigenvalue weighted by Crippen LogP contribution is 2.28. The molecule has 1 fully saturated rings. The van der Waals surface area contributed by atoms with E-state index >= 15 is 0 Å². The van der Waals surface area contributed by atoms with Crippen LogP contribution in [0.4, 0.5) is 5.69 Å². The second-order valence-corrected chi connectivity index (χ2v) is 6.10. The van der Waals surface area contributed by atoms with Crippen molar-refractivity contribution in [1.82, 2.24) is 5.32 Å². The summed E-state index contributed by atoms with van der Waals surface area (Å²) < 4.78 is 0. The second kappa shape index (κ2) is 5.48. The van der Waals surface area contributed by atoms with Gasteiger partial charge in [0, 0.05) is 10.6 Å². The summed E-state index contributed by atoms with van der Waals surface area (Å²) in [6, 6.07) is 7.25. The van der Waals surface area contributed by atoms with Crippen molar-refractivity contribution < 1.29 is 9.59 Å². The molecule has 2 atom stereocenters. The molecule has 0 radical (unpaired) electrons. The topological polar surface area (TPSA) is 49.4 Å². The lowest BCUT2D eigenvalue weighted by atomic mass is 9.92. The van der Waals surface area contributed by atoms with Crippen LogP contribution in [0.25, 0.3) is 0 Å². The van der Waals surface area contributed by atoms with Gasteiger partial charge < -0.3 is 5.32 Å². The molecule has 1 aliphatic heterocycles. The van der Waals surface area contributed by atoms with E-state index in [0.717, 1.165) is 10.6 Å². The molecule has 1 N–H and O–H groups in total. The molecule has 2 unspecified atom stereocenters. The van der Waals surface area contributed by atoms with E-state index in [-0.39, 0.29) is 11.8 Å². The Morgan fingerprint density at radius 3 is 2.40 bits per heavy atom. The highest BCUT2D eigenvalue weighted by atomic mass is 32.2. The van der Waals surface area contributed by atoms with Crippen LogP contribution in [-0.4, -0.2) is 29.7 Å². The maximum Gasteiger partial charge on any atom is 0.253 e. The van der Waals surface area contributed by atoms with Crippen molar-refractivity contribution in [3.63, 3.8) is 0 Å². The Kier molecular flexibility index (Phi) is 4.09. The first-order chi connectivity index (χ1) is 9.42. The lowest BCUT2D eigenvalue weighted by Gasteiger charge is -2.43. The van der Waals surface area contributed by atoms with Gasteiger partial charge in [-0.1, -0.05) is 6.92 Å². The number of nitrogens with zero attached hydrogens (tertiary/aromatic N) is 1. The Morgan fingerprint density at radius 2 is 1.90 bits per heavy atom. The molecule has 1 aromatic carbocycles. The van der Waals surface area contributed by atoms with Gasteiger partial charge in [-0.05, 0) is 50.8 Å². The Balaban J connectivity index is 2.40. The molecule has 20 heavy (non-hydrogen) atoms. The summed E-state index contributed by atoms with van der Waals surface area (Å²) in [4.78, 5) is 27.5. The fourth-order valence-electron chi connectivity index (χ4n) is 2.31. The predicted molar refractivity (Wildman–Crippen MR) is 82.0 cm³/mol. The fourth-order valence-corrected chi connectivity index (χ4v) is 2.72. The SMILES string of the molecule is CCC1(C)NC(=O)C(C)N(c2ccc(SC)cc2)C1=O. The predicted octanol–water partition coefficient (Wildman–Crippen LogP) is 2.43. The Labute approximate surface area is 123 Å². The minimum Gasteiger partial charge on any atom is -0.340 e. The smallest absolute Gasteiger partial charge is 0.253 e. The molecule has 0 aromatic heterocycles. The van der Waals surface area contributed by atoms with Crippen molar-refractivity contribution in [3.8, 4) is 0 Å². The Hall–Kier alpha value is -1.49. The van der Waals surface area contributed by atoms with Gasteiger partial charge in [-0.2, -0.15) is 0 Å². The molecule has 2 rings (SSSR count). The number of amides is 2. The van der Waals surface area contributed by atoms with Gasteiger partial charge in [0.05, 0.1) is 0 Å². The first kappa shape index (κ1) is 14.9. The minimum atomic E-state index is -0.818. The van der Waals surface area contributed by atoms with Gasteiger partial charge in [-0.15, -0.1) is 11.8 Å². The first-order valence-corrected chi connectivity index (χ1v) is 7.95. The molecule has 0 saturated carbocycles. The van der Waals surface area contributed by atoms with Crippen molar-refractivity contribution in [1.29, 1.82) is 0 Å². The highest BCUT2D eigenvalue weighted by molar-refractivity contribution is 7.98. The van der Waals surface area contributed by atoms with Crippen LogP contribution in [0.1, 0.15) is 27.2 Å². The third-order valence-corrected chi connectivity index (χ3v) is 4.66. The van der Waals surface area contributed by atoms with E-state index in [2.05, 4.69) is 5.32 Å². The third-order valence-electron chi connectivity index (χ3n) is 3.91. The van der Waals surface area contributed by atoms with Crippen LogP contribution in [0, 0.1) is 0 Å². The largest absolute Gasteiger partial charge is 0.340 e. The molecule has 0 spiro atoms. The summed E-state index contributed by atoms with van der Waals surface area (Å²) in [7, 11) is 0. The van der Waals surface area contributed by atoms with Gasteiger partial charge in [-0.3, -0.25) is 14.5 Å². The molecule has 1 saturated heterocycles. The molecule has 1 aliphatic rings. The monoisotopic (exact) mass is 292 g/mol. The van der Waals surface area contributed by atoms with E-state index in [1.807, 2.05) is 37.4 Å². The summed E-state index contributed by atoms with van der Waals surface area (Å²) >= 11 is 1.65. The van der Waals surface area contributed by atoms with Crippen LogP contribution in [-0.2, 0) is 9.59 Å².